The van der Waals surface area contributed by atoms with Crippen LogP contribution in [0.4, 0.5) is 0 Å². The number of nitrogens with one attached hydrogen (secondary N) is 1. The van der Waals surface area contributed by atoms with E-state index in [1.165, 1.54) is 18.6 Å². The third-order valence-electron chi connectivity index (χ3n) is 2.62. The first-order valence-electron chi connectivity index (χ1n) is 6.10. The van der Waals surface area contributed by atoms with Crippen LogP contribution in [0.25, 0.3) is 0 Å². The Hall–Kier alpha value is -2.05. The van der Waals surface area contributed by atoms with Crippen LogP contribution in [0.3, 0.4) is 0 Å². The van der Waals surface area contributed by atoms with Crippen LogP contribution in [0.5, 0.6) is 0 Å². The van der Waals surface area contributed by atoms with Crippen molar-refractivity contribution in [2.75, 3.05) is 7.11 Å². The van der Waals surface area contributed by atoms with Crippen LogP contribution < -0.4 is 11.0 Å². The molecule has 1 amide bonds. The fourth-order valence-corrected chi connectivity index (χ4v) is 1.77. The molecule has 1 aromatic rings. The van der Waals surface area contributed by atoms with Crippen molar-refractivity contribution in [3.8, 4) is 0 Å². The van der Waals surface area contributed by atoms with Gasteiger partial charge in [-0.15, -0.1) is 0 Å². The molecule has 0 saturated carbocycles. The van der Waals surface area contributed by atoms with Crippen LogP contribution >= 0.6 is 0 Å². The monoisotopic (exact) mass is 269 g/mol. The minimum Gasteiger partial charge on any atom is -0.467 e. The lowest BCUT2D eigenvalue weighted by Crippen LogP contribution is -2.45. The first kappa shape index (κ1) is 15.0. The average Bonchev–Trinajstić information content (AvgIpc) is 2.70. The third-order valence-corrected chi connectivity index (χ3v) is 2.62. The predicted molar refractivity (Wildman–Crippen MR) is 68.6 cm³/mol. The number of carbonyl (C=O) groups is 2. The molecule has 7 nitrogen and oxygen atoms in total. The second-order valence-corrected chi connectivity index (χ2v) is 4.20. The van der Waals surface area contributed by atoms with Crippen LogP contribution in [-0.4, -0.2) is 34.2 Å². The predicted octanol–water partition coefficient (Wildman–Crippen LogP) is -0.262. The first-order valence-corrected chi connectivity index (χ1v) is 6.10. The van der Waals surface area contributed by atoms with Gasteiger partial charge >= 0.3 is 11.7 Å². The average molecular weight is 269 g/mol. The van der Waals surface area contributed by atoms with Gasteiger partial charge in [-0.05, 0) is 6.42 Å². The maximum Gasteiger partial charge on any atom is 0.330 e. The molecule has 0 spiro atoms. The molecule has 19 heavy (non-hydrogen) atoms. The van der Waals surface area contributed by atoms with Gasteiger partial charge in [0, 0.05) is 25.9 Å². The number of esters is 1. The lowest BCUT2D eigenvalue weighted by molar-refractivity contribution is -0.145. The minimum absolute atomic E-state index is 0.0573. The van der Waals surface area contributed by atoms with E-state index in [-0.39, 0.29) is 18.1 Å². The number of nitrogens with zero attached hydrogens (tertiary/aromatic N) is 2. The van der Waals surface area contributed by atoms with Crippen molar-refractivity contribution in [2.45, 2.75) is 39.4 Å². The molecule has 7 heteroatoms. The SMILES string of the molecule is CCCn1ccn(CC(NC(C)=O)C(=O)OC)c1=O. The number of aromatic nitrogens is 2. The highest BCUT2D eigenvalue weighted by molar-refractivity contribution is 5.83. The number of imidazole rings is 1. The molecule has 0 aliphatic rings. The van der Waals surface area contributed by atoms with Crippen molar-refractivity contribution in [3.63, 3.8) is 0 Å². The van der Waals surface area contributed by atoms with Crippen molar-refractivity contribution in [2.24, 2.45) is 0 Å². The Morgan fingerprint density at radius 1 is 1.37 bits per heavy atom. The normalized spacial score (nSPS) is 11.9. The molecule has 1 N–H and O–H groups in total. The minimum atomic E-state index is -0.863. The summed E-state index contributed by atoms with van der Waals surface area (Å²) in [5.41, 5.74) is -0.207. The van der Waals surface area contributed by atoms with Crippen molar-refractivity contribution >= 4 is 11.9 Å². The summed E-state index contributed by atoms with van der Waals surface area (Å²) >= 11 is 0. The van der Waals surface area contributed by atoms with Gasteiger partial charge < -0.3 is 10.1 Å². The fraction of sp³-hybridized carbons (Fsp3) is 0.583. The van der Waals surface area contributed by atoms with Crippen LogP contribution in [0.1, 0.15) is 20.3 Å². The zero-order valence-corrected chi connectivity index (χ0v) is 11.4. The summed E-state index contributed by atoms with van der Waals surface area (Å²) in [5, 5.41) is 2.47. The Labute approximate surface area is 111 Å². The maximum atomic E-state index is 12.0. The van der Waals surface area contributed by atoms with E-state index >= 15 is 0 Å². The molecule has 1 atom stereocenters. The maximum absolute atomic E-state index is 12.0. The van der Waals surface area contributed by atoms with Crippen molar-refractivity contribution in [3.05, 3.63) is 22.9 Å². The lowest BCUT2D eigenvalue weighted by atomic mass is 10.3. The number of rotatable bonds is 6. The van der Waals surface area contributed by atoms with Gasteiger partial charge in [-0.1, -0.05) is 6.92 Å². The van der Waals surface area contributed by atoms with Crippen LogP contribution in [0, 0.1) is 0 Å². The van der Waals surface area contributed by atoms with E-state index < -0.39 is 12.0 Å². The highest BCUT2D eigenvalue weighted by Gasteiger charge is 2.21. The van der Waals surface area contributed by atoms with E-state index in [2.05, 4.69) is 10.1 Å². The molecule has 0 aromatic carbocycles. The summed E-state index contributed by atoms with van der Waals surface area (Å²) in [7, 11) is 1.24. The zero-order chi connectivity index (χ0) is 14.4. The quantitative estimate of drug-likeness (QED) is 0.721. The summed E-state index contributed by atoms with van der Waals surface area (Å²) in [6, 6.07) is -0.863. The molecule has 1 rings (SSSR count). The first-order chi connectivity index (χ1) is 8.99. The van der Waals surface area contributed by atoms with Gasteiger partial charge in [0.2, 0.25) is 5.91 Å². The summed E-state index contributed by atoms with van der Waals surface area (Å²) in [5.74, 6) is -0.929. The number of amides is 1. The largest absolute Gasteiger partial charge is 0.467 e. The standard InChI is InChI=1S/C12H19N3O4/c1-4-5-14-6-7-15(12(14)18)8-10(11(17)19-3)13-9(2)16/h6-7,10H,4-5,8H2,1-3H3,(H,13,16). The van der Waals surface area contributed by atoms with Crippen LogP contribution in [0.2, 0.25) is 0 Å². The fourth-order valence-electron chi connectivity index (χ4n) is 1.77. The second-order valence-electron chi connectivity index (χ2n) is 4.20. The Kier molecular flexibility index (Phi) is 5.35. The highest BCUT2D eigenvalue weighted by Crippen LogP contribution is 1.95. The van der Waals surface area contributed by atoms with Gasteiger partial charge in [0.1, 0.15) is 6.04 Å². The molecule has 0 aliphatic heterocycles. The molecule has 1 unspecified atom stereocenters. The van der Waals surface area contributed by atoms with Gasteiger partial charge in [-0.3, -0.25) is 13.9 Å². The summed E-state index contributed by atoms with van der Waals surface area (Å²) in [6.45, 7) is 3.95. The third kappa shape index (κ3) is 3.97. The smallest absolute Gasteiger partial charge is 0.330 e. The number of aryl methyl sites for hydroxylation is 1. The highest BCUT2D eigenvalue weighted by atomic mass is 16.5. The topological polar surface area (TPSA) is 82.3 Å². The molecule has 1 aromatic heterocycles. The number of ether oxygens (including phenoxy) is 1. The van der Waals surface area contributed by atoms with Gasteiger partial charge in [0.25, 0.3) is 0 Å². The number of hydrogen-bond donors (Lipinski definition) is 1. The van der Waals surface area contributed by atoms with E-state index in [1.54, 1.807) is 17.0 Å². The Balaban J connectivity index is 2.87. The molecule has 106 valence electrons. The second kappa shape index (κ2) is 6.77. The molecular weight excluding hydrogens is 250 g/mol. The molecule has 0 radical (unpaired) electrons. The van der Waals surface area contributed by atoms with E-state index in [9.17, 15) is 14.4 Å². The zero-order valence-electron chi connectivity index (χ0n) is 11.4. The lowest BCUT2D eigenvalue weighted by Gasteiger charge is -2.15. The summed E-state index contributed by atoms with van der Waals surface area (Å²) in [4.78, 5) is 34.5. The van der Waals surface area contributed by atoms with E-state index in [0.29, 0.717) is 6.54 Å². The number of methoxy groups -OCH3 is 1. The van der Waals surface area contributed by atoms with E-state index in [1.807, 2.05) is 6.92 Å². The van der Waals surface area contributed by atoms with Crippen molar-refractivity contribution in [1.82, 2.24) is 14.5 Å². The van der Waals surface area contributed by atoms with Crippen LogP contribution in [-0.2, 0) is 27.4 Å². The summed E-state index contributed by atoms with van der Waals surface area (Å²) < 4.78 is 7.54. The van der Waals surface area contributed by atoms with Gasteiger partial charge in [-0.25, -0.2) is 9.59 Å². The van der Waals surface area contributed by atoms with Gasteiger partial charge in [0.15, 0.2) is 0 Å². The number of hydrogen-bond acceptors (Lipinski definition) is 4. The molecule has 0 saturated heterocycles. The Bertz CT molecular complexity index is 503. The summed E-state index contributed by atoms with van der Waals surface area (Å²) in [6.07, 6.45) is 4.10. The molecule has 0 bridgehead atoms. The van der Waals surface area contributed by atoms with E-state index in [0.717, 1.165) is 6.42 Å². The molecule has 0 aliphatic carbocycles. The van der Waals surface area contributed by atoms with E-state index in [4.69, 9.17) is 0 Å². The number of carbonyl (C=O) groups excluding carboxylic acids is 2. The van der Waals surface area contributed by atoms with Crippen molar-refractivity contribution < 1.29 is 14.3 Å². The Morgan fingerprint density at radius 3 is 2.53 bits per heavy atom. The Morgan fingerprint density at radius 2 is 2.00 bits per heavy atom. The molecule has 0 fully saturated rings. The van der Waals surface area contributed by atoms with Crippen molar-refractivity contribution in [1.29, 1.82) is 0 Å². The molecular formula is C12H19N3O4. The molecule has 1 heterocycles. The van der Waals surface area contributed by atoms with Gasteiger partial charge in [0.05, 0.1) is 13.7 Å². The van der Waals surface area contributed by atoms with Gasteiger partial charge in [-0.2, -0.15) is 0 Å². The van der Waals surface area contributed by atoms with Crippen LogP contribution in [0.15, 0.2) is 17.2 Å².